The molecule has 3 rings (SSSR count). The fourth-order valence-electron chi connectivity index (χ4n) is 3.50. The van der Waals surface area contributed by atoms with Crippen molar-refractivity contribution in [3.63, 3.8) is 0 Å². The number of anilines is 1. The summed E-state index contributed by atoms with van der Waals surface area (Å²) in [5.74, 6) is 0.994. The second-order valence-corrected chi connectivity index (χ2v) is 8.14. The molecule has 0 aliphatic carbocycles. The van der Waals surface area contributed by atoms with E-state index in [9.17, 15) is 9.59 Å². The van der Waals surface area contributed by atoms with E-state index >= 15 is 0 Å². The zero-order chi connectivity index (χ0) is 25.5. The van der Waals surface area contributed by atoms with Crippen LogP contribution >= 0.6 is 11.5 Å². The van der Waals surface area contributed by atoms with E-state index in [1.807, 2.05) is 23.6 Å². The van der Waals surface area contributed by atoms with Crippen molar-refractivity contribution >= 4 is 29.0 Å². The van der Waals surface area contributed by atoms with Crippen LogP contribution in [0.2, 0.25) is 0 Å². The van der Waals surface area contributed by atoms with Crippen molar-refractivity contribution in [2.45, 2.75) is 18.9 Å². The molecule has 186 valence electrons. The molecule has 2 amide bonds. The summed E-state index contributed by atoms with van der Waals surface area (Å²) >= 11 is 1.29. The highest BCUT2D eigenvalue weighted by Gasteiger charge is 2.20. The second-order valence-electron chi connectivity index (χ2n) is 7.51. The van der Waals surface area contributed by atoms with Crippen molar-refractivity contribution in [3.05, 3.63) is 35.7 Å². The molecule has 10 nitrogen and oxygen atoms in total. The first-order valence-electron chi connectivity index (χ1n) is 10.6. The summed E-state index contributed by atoms with van der Waals surface area (Å²) in [6.07, 6.45) is 0.160. The zero-order valence-corrected chi connectivity index (χ0v) is 20.7. The number of nitrogens with one attached hydrogen (secondary N) is 1. The molecule has 0 unspecified atom stereocenters. The molecule has 1 aromatic heterocycles. The van der Waals surface area contributed by atoms with E-state index in [0.717, 1.165) is 16.7 Å². The Morgan fingerprint density at radius 3 is 2.20 bits per heavy atom. The number of nitrogens with two attached hydrogens (primary N) is 2. The van der Waals surface area contributed by atoms with Crippen LogP contribution < -0.4 is 35.7 Å². The van der Waals surface area contributed by atoms with Crippen molar-refractivity contribution in [3.8, 4) is 45.4 Å². The van der Waals surface area contributed by atoms with Crippen LogP contribution in [-0.4, -0.2) is 50.7 Å². The number of benzene rings is 2. The number of primary amides is 1. The van der Waals surface area contributed by atoms with Crippen molar-refractivity contribution in [1.29, 1.82) is 0 Å². The van der Waals surface area contributed by atoms with E-state index in [1.54, 1.807) is 33.5 Å². The topological polar surface area (TPSA) is 148 Å². The summed E-state index contributed by atoms with van der Waals surface area (Å²) < 4.78 is 26.4. The molecule has 0 bridgehead atoms. The summed E-state index contributed by atoms with van der Waals surface area (Å²) in [4.78, 5) is 23.6. The maximum Gasteiger partial charge on any atom is 0.241 e. The van der Waals surface area contributed by atoms with Crippen LogP contribution in [0.4, 0.5) is 5.69 Å². The van der Waals surface area contributed by atoms with Gasteiger partial charge in [0.05, 0.1) is 45.9 Å². The lowest BCUT2D eigenvalue weighted by Crippen LogP contribution is -2.36. The van der Waals surface area contributed by atoms with Gasteiger partial charge in [-0.1, -0.05) is 6.07 Å². The minimum Gasteiger partial charge on any atom is -0.495 e. The van der Waals surface area contributed by atoms with Crippen LogP contribution in [0.15, 0.2) is 35.7 Å². The maximum absolute atomic E-state index is 12.6. The van der Waals surface area contributed by atoms with Gasteiger partial charge in [0.25, 0.3) is 0 Å². The molecule has 0 saturated carbocycles. The number of aromatic nitrogens is 1. The molecule has 2 aromatic carbocycles. The Hall–Kier alpha value is -3.83. The highest BCUT2D eigenvalue weighted by molar-refractivity contribution is 7.04. The Balaban J connectivity index is 1.98. The van der Waals surface area contributed by atoms with Gasteiger partial charge in [-0.25, -0.2) is 0 Å². The van der Waals surface area contributed by atoms with Crippen molar-refractivity contribution in [2.75, 3.05) is 33.8 Å². The Bertz CT molecular complexity index is 1190. The number of methoxy groups -OCH3 is 4. The predicted molar refractivity (Wildman–Crippen MR) is 134 cm³/mol. The van der Waals surface area contributed by atoms with Crippen LogP contribution in [0, 0.1) is 0 Å². The molecule has 11 heteroatoms. The van der Waals surface area contributed by atoms with Crippen LogP contribution in [0.5, 0.6) is 23.0 Å². The molecule has 0 saturated heterocycles. The zero-order valence-electron chi connectivity index (χ0n) is 19.9. The number of carbonyl (C=O) groups is 2. The van der Waals surface area contributed by atoms with Gasteiger partial charge in [-0.2, -0.15) is 4.37 Å². The van der Waals surface area contributed by atoms with E-state index in [0.29, 0.717) is 34.4 Å². The third-order valence-electron chi connectivity index (χ3n) is 5.31. The number of hydrogen-bond donors (Lipinski definition) is 3. The number of ether oxygens (including phenoxy) is 4. The number of amides is 2. The average Bonchev–Trinajstić information content (AvgIpc) is 3.36. The van der Waals surface area contributed by atoms with Crippen LogP contribution in [0.25, 0.3) is 22.4 Å². The first-order chi connectivity index (χ1) is 16.8. The summed E-state index contributed by atoms with van der Waals surface area (Å²) in [6, 6.07) is 8.15. The molecular weight excluding hydrogens is 472 g/mol. The third kappa shape index (κ3) is 5.81. The van der Waals surface area contributed by atoms with Gasteiger partial charge in [0, 0.05) is 22.9 Å². The number of carbonyl (C=O) groups excluding carboxylic acids is 2. The van der Waals surface area contributed by atoms with Gasteiger partial charge < -0.3 is 35.7 Å². The van der Waals surface area contributed by atoms with Crippen LogP contribution in [0.1, 0.15) is 12.8 Å². The fraction of sp³-hybridized carbons (Fsp3) is 0.292. The molecule has 1 atom stereocenters. The largest absolute Gasteiger partial charge is 0.495 e. The fourth-order valence-corrected chi connectivity index (χ4v) is 4.21. The van der Waals surface area contributed by atoms with Crippen molar-refractivity contribution < 1.29 is 28.5 Å². The first-order valence-corrected chi connectivity index (χ1v) is 11.4. The highest BCUT2D eigenvalue weighted by Crippen LogP contribution is 2.44. The summed E-state index contributed by atoms with van der Waals surface area (Å²) in [5.41, 5.74) is 14.6. The van der Waals surface area contributed by atoms with Gasteiger partial charge in [-0.3, -0.25) is 9.59 Å². The molecule has 3 aromatic rings. The smallest absolute Gasteiger partial charge is 0.241 e. The maximum atomic E-state index is 12.6. The number of rotatable bonds is 11. The second kappa shape index (κ2) is 11.5. The molecule has 0 aliphatic heterocycles. The van der Waals surface area contributed by atoms with Gasteiger partial charge in [0.15, 0.2) is 11.5 Å². The Morgan fingerprint density at radius 2 is 1.63 bits per heavy atom. The quantitative estimate of drug-likeness (QED) is 0.364. The van der Waals surface area contributed by atoms with E-state index in [1.165, 1.54) is 18.6 Å². The molecule has 1 heterocycles. The summed E-state index contributed by atoms with van der Waals surface area (Å²) in [6.45, 7) is 0. The number of hydrogen-bond acceptors (Lipinski definition) is 9. The van der Waals surface area contributed by atoms with Gasteiger partial charge in [0.2, 0.25) is 17.6 Å². The van der Waals surface area contributed by atoms with E-state index < -0.39 is 17.9 Å². The standard InChI is InChI=1S/C24H28N4O6S/c1-31-18-7-5-13(9-17(18)27-24(30)16(25)6-8-21(26)29)15-12-35-28-22(15)14-10-19(32-2)23(34-4)20(11-14)33-3/h5,7,9-12,16H,6,8,25H2,1-4H3,(H2,26,29)(H,27,30)/t16-/m1/s1. The molecule has 0 aliphatic rings. The summed E-state index contributed by atoms with van der Waals surface area (Å²) in [7, 11) is 6.15. The minimum absolute atomic E-state index is 0.0183. The lowest BCUT2D eigenvalue weighted by Gasteiger charge is -2.16. The molecule has 0 fully saturated rings. The molecular formula is C24H28N4O6S. The predicted octanol–water partition coefficient (Wildman–Crippen LogP) is 3.04. The monoisotopic (exact) mass is 500 g/mol. The van der Waals surface area contributed by atoms with Gasteiger partial charge in [0.1, 0.15) is 5.75 Å². The van der Waals surface area contributed by atoms with Crippen molar-refractivity contribution in [1.82, 2.24) is 4.37 Å². The average molecular weight is 501 g/mol. The molecule has 0 radical (unpaired) electrons. The van der Waals surface area contributed by atoms with E-state index in [4.69, 9.17) is 30.4 Å². The molecule has 0 spiro atoms. The van der Waals surface area contributed by atoms with Gasteiger partial charge in [-0.15, -0.1) is 0 Å². The first kappa shape index (κ1) is 25.8. The van der Waals surface area contributed by atoms with E-state index in [2.05, 4.69) is 9.69 Å². The van der Waals surface area contributed by atoms with Crippen LogP contribution in [0.3, 0.4) is 0 Å². The van der Waals surface area contributed by atoms with E-state index in [-0.39, 0.29) is 12.8 Å². The number of nitrogens with zero attached hydrogens (tertiary/aromatic N) is 1. The third-order valence-corrected chi connectivity index (χ3v) is 5.94. The van der Waals surface area contributed by atoms with Crippen molar-refractivity contribution in [2.24, 2.45) is 11.5 Å². The lowest BCUT2D eigenvalue weighted by molar-refractivity contribution is -0.119. The molecule has 35 heavy (non-hydrogen) atoms. The van der Waals surface area contributed by atoms with Gasteiger partial charge >= 0.3 is 0 Å². The highest BCUT2D eigenvalue weighted by atomic mass is 32.1. The SMILES string of the molecule is COc1ccc(-c2csnc2-c2cc(OC)c(OC)c(OC)c2)cc1NC(=O)[C@H](N)CCC(N)=O. The Labute approximate surface area is 207 Å². The normalized spacial score (nSPS) is 11.5. The Morgan fingerprint density at radius 1 is 0.971 bits per heavy atom. The summed E-state index contributed by atoms with van der Waals surface area (Å²) in [5, 5.41) is 4.69. The molecule has 5 N–H and O–H groups in total. The Kier molecular flexibility index (Phi) is 8.50. The van der Waals surface area contributed by atoms with Crippen LogP contribution in [-0.2, 0) is 9.59 Å². The minimum atomic E-state index is -0.895. The van der Waals surface area contributed by atoms with Gasteiger partial charge in [-0.05, 0) is 47.8 Å². The lowest BCUT2D eigenvalue weighted by atomic mass is 10.0.